The van der Waals surface area contributed by atoms with Gasteiger partial charge in [-0.1, -0.05) is 70.2 Å². The second-order valence-corrected chi connectivity index (χ2v) is 8.23. The van der Waals surface area contributed by atoms with Gasteiger partial charge in [-0.05, 0) is 73.9 Å². The van der Waals surface area contributed by atoms with Gasteiger partial charge < -0.3 is 5.73 Å². The van der Waals surface area contributed by atoms with Gasteiger partial charge in [-0.3, -0.25) is 4.99 Å². The molecule has 1 unspecified atom stereocenters. The van der Waals surface area contributed by atoms with E-state index in [1.807, 2.05) is 19.2 Å². The van der Waals surface area contributed by atoms with Crippen molar-refractivity contribution in [2.45, 2.75) is 85.0 Å². The van der Waals surface area contributed by atoms with E-state index in [4.69, 9.17) is 5.73 Å². The van der Waals surface area contributed by atoms with E-state index in [2.05, 4.69) is 31.5 Å². The first-order chi connectivity index (χ1) is 14.0. The molecular formula is C26H41FN2. The molecule has 162 valence electrons. The summed E-state index contributed by atoms with van der Waals surface area (Å²) in [6.07, 6.45) is 14.5. The van der Waals surface area contributed by atoms with Gasteiger partial charge in [0.25, 0.3) is 0 Å². The smallest absolute Gasteiger partial charge is 0.126 e. The van der Waals surface area contributed by atoms with E-state index in [1.54, 1.807) is 12.3 Å². The zero-order valence-electron chi connectivity index (χ0n) is 18.9. The van der Waals surface area contributed by atoms with Crippen LogP contribution in [-0.4, -0.2) is 12.8 Å². The fourth-order valence-corrected chi connectivity index (χ4v) is 3.59. The Labute approximate surface area is 178 Å². The van der Waals surface area contributed by atoms with Crippen LogP contribution in [0.15, 0.2) is 47.1 Å². The third-order valence-corrected chi connectivity index (χ3v) is 5.45. The normalized spacial score (nSPS) is 13.2. The van der Waals surface area contributed by atoms with Crippen LogP contribution in [0.25, 0.3) is 0 Å². The highest BCUT2D eigenvalue weighted by Gasteiger charge is 2.09. The summed E-state index contributed by atoms with van der Waals surface area (Å²) >= 11 is 0. The van der Waals surface area contributed by atoms with Gasteiger partial charge in [0.05, 0.1) is 0 Å². The van der Waals surface area contributed by atoms with Crippen molar-refractivity contribution in [2.75, 3.05) is 6.54 Å². The first-order valence-electron chi connectivity index (χ1n) is 11.3. The van der Waals surface area contributed by atoms with Crippen molar-refractivity contribution in [2.24, 2.45) is 16.6 Å². The van der Waals surface area contributed by atoms with E-state index in [9.17, 15) is 4.39 Å². The minimum atomic E-state index is -0.0952. The molecule has 0 amide bonds. The first kappa shape index (κ1) is 25.1. The number of unbranched alkanes of at least 4 members (excludes halogenated alkanes) is 2. The summed E-state index contributed by atoms with van der Waals surface area (Å²) in [4.78, 5) is 4.55. The van der Waals surface area contributed by atoms with E-state index in [1.165, 1.54) is 32.1 Å². The van der Waals surface area contributed by atoms with Crippen LogP contribution in [0.4, 0.5) is 4.39 Å². The summed E-state index contributed by atoms with van der Waals surface area (Å²) < 4.78 is 14.2. The van der Waals surface area contributed by atoms with Crippen molar-refractivity contribution < 1.29 is 4.39 Å². The molecule has 0 saturated heterocycles. The quantitative estimate of drug-likeness (QED) is 0.189. The molecule has 2 nitrogen and oxygen atoms in total. The number of hydrogen-bond donors (Lipinski definition) is 1. The first-order valence-corrected chi connectivity index (χ1v) is 11.3. The highest BCUT2D eigenvalue weighted by atomic mass is 19.1. The van der Waals surface area contributed by atoms with Gasteiger partial charge in [0.15, 0.2) is 0 Å². The zero-order valence-corrected chi connectivity index (χ0v) is 18.9. The monoisotopic (exact) mass is 400 g/mol. The second-order valence-electron chi connectivity index (χ2n) is 8.23. The lowest BCUT2D eigenvalue weighted by Crippen LogP contribution is -2.04. The number of nitrogens with zero attached hydrogens (tertiary/aromatic N) is 1. The van der Waals surface area contributed by atoms with Crippen molar-refractivity contribution in [3.05, 3.63) is 59.1 Å². The van der Waals surface area contributed by atoms with Crippen LogP contribution in [0, 0.1) is 11.7 Å². The van der Waals surface area contributed by atoms with Crippen molar-refractivity contribution in [3.63, 3.8) is 0 Å². The highest BCUT2D eigenvalue weighted by Crippen LogP contribution is 2.21. The molecule has 0 aliphatic carbocycles. The van der Waals surface area contributed by atoms with Gasteiger partial charge in [-0.2, -0.15) is 0 Å². The lowest BCUT2D eigenvalue weighted by molar-refractivity contribution is 0.396. The van der Waals surface area contributed by atoms with Gasteiger partial charge in [-0.25, -0.2) is 4.39 Å². The third-order valence-electron chi connectivity index (χ3n) is 5.45. The maximum absolute atomic E-state index is 14.2. The number of nitrogens with two attached hydrogens (primary N) is 1. The van der Waals surface area contributed by atoms with Crippen molar-refractivity contribution in [1.82, 2.24) is 0 Å². The van der Waals surface area contributed by atoms with Gasteiger partial charge in [0.2, 0.25) is 0 Å². The summed E-state index contributed by atoms with van der Waals surface area (Å²) in [5.41, 5.74) is 9.51. The van der Waals surface area contributed by atoms with Gasteiger partial charge >= 0.3 is 0 Å². The molecule has 1 aromatic rings. The Hall–Kier alpha value is -1.90. The summed E-state index contributed by atoms with van der Waals surface area (Å²) in [6.45, 7) is 11.0. The molecule has 0 fully saturated rings. The summed E-state index contributed by atoms with van der Waals surface area (Å²) in [6, 6.07) is 5.69. The molecule has 0 heterocycles. The van der Waals surface area contributed by atoms with Gasteiger partial charge in [-0.15, -0.1) is 0 Å². The number of benzene rings is 1. The molecule has 0 aromatic heterocycles. The van der Waals surface area contributed by atoms with Crippen LogP contribution in [0.3, 0.4) is 0 Å². The zero-order chi connectivity index (χ0) is 21.5. The van der Waals surface area contributed by atoms with E-state index < -0.39 is 0 Å². The van der Waals surface area contributed by atoms with Crippen molar-refractivity contribution >= 4 is 6.21 Å². The Morgan fingerprint density at radius 2 is 1.93 bits per heavy atom. The molecule has 1 rings (SSSR count). The van der Waals surface area contributed by atoms with Crippen LogP contribution in [-0.2, 0) is 12.8 Å². The molecule has 0 spiro atoms. The number of aliphatic imine (C=N–C) groups is 1. The Kier molecular flexibility index (Phi) is 13.0. The minimum Gasteiger partial charge on any atom is -0.404 e. The molecule has 3 heteroatoms. The molecule has 1 aromatic carbocycles. The van der Waals surface area contributed by atoms with Crippen LogP contribution in [0.2, 0.25) is 0 Å². The van der Waals surface area contributed by atoms with Crippen molar-refractivity contribution in [3.8, 4) is 0 Å². The predicted molar refractivity (Wildman–Crippen MR) is 126 cm³/mol. The maximum atomic E-state index is 14.2. The molecule has 1 atom stereocenters. The summed E-state index contributed by atoms with van der Waals surface area (Å²) in [5.74, 6) is 0.635. The third kappa shape index (κ3) is 11.0. The fraction of sp³-hybridized carbons (Fsp3) is 0.577. The van der Waals surface area contributed by atoms with Crippen LogP contribution in [0.1, 0.15) is 83.3 Å². The number of allylic oxidation sites excluding steroid dienone is 2. The van der Waals surface area contributed by atoms with Gasteiger partial charge in [0, 0.05) is 12.8 Å². The summed E-state index contributed by atoms with van der Waals surface area (Å²) in [7, 11) is 0. The Morgan fingerprint density at radius 1 is 1.17 bits per heavy atom. The molecule has 0 aliphatic rings. The van der Waals surface area contributed by atoms with Crippen LogP contribution >= 0.6 is 0 Å². The van der Waals surface area contributed by atoms with Crippen LogP contribution < -0.4 is 5.73 Å². The Bertz CT molecular complexity index is 661. The number of hydrogen-bond acceptors (Lipinski definition) is 2. The summed E-state index contributed by atoms with van der Waals surface area (Å²) in [5, 5.41) is 0. The minimum absolute atomic E-state index is 0.0952. The maximum Gasteiger partial charge on any atom is 0.126 e. The highest BCUT2D eigenvalue weighted by molar-refractivity contribution is 5.78. The standard InChI is InChI=1S/C26H41FN2/c1-5-7-10-23(15-16-29-20-22(6-2)19-28)11-8-9-12-24-13-14-25(17-21(3)4)26(27)18-24/h13-14,18-20,23H,3,5-12,15-17,28H2,1-2,4H3/b22-19-,29-20?. The largest absolute Gasteiger partial charge is 0.404 e. The average Bonchev–Trinajstić information content (AvgIpc) is 2.70. The fourth-order valence-electron chi connectivity index (χ4n) is 3.59. The van der Waals surface area contributed by atoms with E-state index in [-0.39, 0.29) is 5.82 Å². The molecule has 29 heavy (non-hydrogen) atoms. The second kappa shape index (κ2) is 15.0. The lowest BCUT2D eigenvalue weighted by Gasteiger charge is -2.15. The SMILES string of the molecule is C=C(C)Cc1ccc(CCCCC(CCCC)CCN=C/C(=C\N)CC)cc1F. The van der Waals surface area contributed by atoms with E-state index in [0.717, 1.165) is 60.4 Å². The molecule has 0 radical (unpaired) electrons. The Balaban J connectivity index is 2.42. The Morgan fingerprint density at radius 3 is 2.55 bits per heavy atom. The number of aryl methyl sites for hydroxylation is 1. The number of halogens is 1. The topological polar surface area (TPSA) is 38.4 Å². The van der Waals surface area contributed by atoms with E-state index >= 15 is 0 Å². The van der Waals surface area contributed by atoms with Gasteiger partial charge in [0.1, 0.15) is 5.82 Å². The number of rotatable bonds is 15. The average molecular weight is 401 g/mol. The van der Waals surface area contributed by atoms with Crippen molar-refractivity contribution in [1.29, 1.82) is 0 Å². The molecular weight excluding hydrogens is 359 g/mol. The predicted octanol–water partition coefficient (Wildman–Crippen LogP) is 7.18. The molecule has 0 saturated carbocycles. The van der Waals surface area contributed by atoms with E-state index in [0.29, 0.717) is 6.42 Å². The van der Waals surface area contributed by atoms with Crippen LogP contribution in [0.5, 0.6) is 0 Å². The molecule has 0 aliphatic heterocycles. The molecule has 2 N–H and O–H groups in total. The molecule has 0 bridgehead atoms. The lowest BCUT2D eigenvalue weighted by atomic mass is 9.92.